The number of nitrogens with one attached hydrogen (secondary N) is 1. The molecular formula is C12H12FNO4S2. The molecule has 0 spiro atoms. The molecule has 5 nitrogen and oxygen atoms in total. The first-order valence-electron chi connectivity index (χ1n) is 5.51. The lowest BCUT2D eigenvalue weighted by Gasteiger charge is -2.09. The Morgan fingerprint density at radius 1 is 1.40 bits per heavy atom. The summed E-state index contributed by atoms with van der Waals surface area (Å²) in [6.45, 7) is -0.242. The van der Waals surface area contributed by atoms with Crippen LogP contribution in [0.15, 0.2) is 34.5 Å². The monoisotopic (exact) mass is 317 g/mol. The quantitative estimate of drug-likeness (QED) is 0.886. The van der Waals surface area contributed by atoms with Gasteiger partial charge in [-0.3, -0.25) is 4.72 Å². The molecule has 2 rings (SSSR count). The van der Waals surface area contributed by atoms with E-state index in [9.17, 15) is 12.8 Å². The Labute approximate surface area is 119 Å². The van der Waals surface area contributed by atoms with E-state index in [1.165, 1.54) is 30.7 Å². The standard InChI is InChI=1S/C12H12FNO4S2/c1-18-8-2-3-11(13)12(4-8)14-20(16,17)10-5-9(6-15)19-7-10/h2-5,7,14-15H,6H2,1H3. The average Bonchev–Trinajstić information content (AvgIpc) is 2.91. The molecule has 0 radical (unpaired) electrons. The smallest absolute Gasteiger partial charge is 0.262 e. The molecule has 0 unspecified atom stereocenters. The van der Waals surface area contributed by atoms with Crippen molar-refractivity contribution in [2.45, 2.75) is 11.5 Å². The van der Waals surface area contributed by atoms with Crippen LogP contribution in [0.4, 0.5) is 10.1 Å². The number of rotatable bonds is 5. The molecule has 2 N–H and O–H groups in total. The van der Waals surface area contributed by atoms with Crippen LogP contribution in [0.25, 0.3) is 0 Å². The van der Waals surface area contributed by atoms with Crippen molar-refractivity contribution in [1.82, 2.24) is 0 Å². The van der Waals surface area contributed by atoms with E-state index in [0.717, 1.165) is 17.4 Å². The second-order valence-corrected chi connectivity index (χ2v) is 6.54. The van der Waals surface area contributed by atoms with E-state index in [2.05, 4.69) is 4.72 Å². The van der Waals surface area contributed by atoms with Gasteiger partial charge in [-0.15, -0.1) is 11.3 Å². The molecule has 1 aromatic carbocycles. The number of aliphatic hydroxyl groups excluding tert-OH is 1. The van der Waals surface area contributed by atoms with E-state index < -0.39 is 15.8 Å². The summed E-state index contributed by atoms with van der Waals surface area (Å²) in [7, 11) is -2.50. The second-order valence-electron chi connectivity index (χ2n) is 3.86. The van der Waals surface area contributed by atoms with Crippen LogP contribution >= 0.6 is 11.3 Å². The molecular weight excluding hydrogens is 305 g/mol. The summed E-state index contributed by atoms with van der Waals surface area (Å²) < 4.78 is 44.9. The minimum atomic E-state index is -3.90. The van der Waals surface area contributed by atoms with Gasteiger partial charge in [0.05, 0.1) is 24.3 Å². The van der Waals surface area contributed by atoms with Crippen LogP contribution in [0.1, 0.15) is 4.88 Å². The van der Waals surface area contributed by atoms with E-state index in [4.69, 9.17) is 9.84 Å². The van der Waals surface area contributed by atoms with Crippen LogP contribution in [-0.4, -0.2) is 20.6 Å². The topological polar surface area (TPSA) is 75.6 Å². The third-order valence-electron chi connectivity index (χ3n) is 2.51. The molecule has 108 valence electrons. The molecule has 1 heterocycles. The lowest BCUT2D eigenvalue weighted by molar-refractivity contribution is 0.285. The third kappa shape index (κ3) is 3.09. The lowest BCUT2D eigenvalue weighted by atomic mass is 10.3. The van der Waals surface area contributed by atoms with E-state index in [-0.39, 0.29) is 17.2 Å². The van der Waals surface area contributed by atoms with Crippen molar-refractivity contribution in [2.75, 3.05) is 11.8 Å². The minimum absolute atomic E-state index is 0.0197. The fraction of sp³-hybridized carbons (Fsp3) is 0.167. The first-order chi connectivity index (χ1) is 9.46. The highest BCUT2D eigenvalue weighted by Crippen LogP contribution is 2.26. The van der Waals surface area contributed by atoms with E-state index in [1.54, 1.807) is 0 Å². The van der Waals surface area contributed by atoms with Crippen LogP contribution in [-0.2, 0) is 16.6 Å². The van der Waals surface area contributed by atoms with Crippen LogP contribution in [0.2, 0.25) is 0 Å². The number of ether oxygens (including phenoxy) is 1. The molecule has 0 saturated carbocycles. The highest BCUT2D eigenvalue weighted by Gasteiger charge is 2.18. The lowest BCUT2D eigenvalue weighted by Crippen LogP contribution is -2.13. The molecule has 0 fully saturated rings. The zero-order valence-electron chi connectivity index (χ0n) is 10.5. The summed E-state index contributed by atoms with van der Waals surface area (Å²) >= 11 is 1.11. The Hall–Kier alpha value is -1.64. The predicted molar refractivity (Wildman–Crippen MR) is 74.0 cm³/mol. The van der Waals surface area contributed by atoms with Crippen molar-refractivity contribution in [1.29, 1.82) is 0 Å². The largest absolute Gasteiger partial charge is 0.497 e. The molecule has 0 aliphatic carbocycles. The molecule has 0 aliphatic heterocycles. The summed E-state index contributed by atoms with van der Waals surface area (Å²) in [6.07, 6.45) is 0. The molecule has 0 saturated heterocycles. The number of anilines is 1. The van der Waals surface area contributed by atoms with Crippen molar-refractivity contribution < 1.29 is 22.7 Å². The highest BCUT2D eigenvalue weighted by molar-refractivity contribution is 7.92. The van der Waals surface area contributed by atoms with Crippen molar-refractivity contribution in [2.24, 2.45) is 0 Å². The number of thiophene rings is 1. The molecule has 0 amide bonds. The van der Waals surface area contributed by atoms with Crippen molar-refractivity contribution in [3.05, 3.63) is 40.3 Å². The zero-order chi connectivity index (χ0) is 14.8. The third-order valence-corrected chi connectivity index (χ3v) is 4.93. The molecule has 2 aromatic rings. The van der Waals surface area contributed by atoms with Gasteiger partial charge in [0.1, 0.15) is 11.6 Å². The Morgan fingerprint density at radius 2 is 2.15 bits per heavy atom. The van der Waals surface area contributed by atoms with Gasteiger partial charge in [0.2, 0.25) is 0 Å². The molecule has 20 heavy (non-hydrogen) atoms. The predicted octanol–water partition coefficient (Wildman–Crippen LogP) is 2.19. The molecule has 8 heteroatoms. The van der Waals surface area contributed by atoms with Crippen LogP contribution in [0.3, 0.4) is 0 Å². The summed E-state index contributed by atoms with van der Waals surface area (Å²) in [5.41, 5.74) is -0.193. The Balaban J connectivity index is 2.32. The number of sulfonamides is 1. The van der Waals surface area contributed by atoms with Crippen molar-refractivity contribution in [3.8, 4) is 5.75 Å². The van der Waals surface area contributed by atoms with Gasteiger partial charge >= 0.3 is 0 Å². The van der Waals surface area contributed by atoms with Crippen LogP contribution in [0, 0.1) is 5.82 Å². The first kappa shape index (κ1) is 14.8. The maximum Gasteiger partial charge on any atom is 0.262 e. The molecule has 0 atom stereocenters. The van der Waals surface area contributed by atoms with Gasteiger partial charge in [-0.2, -0.15) is 0 Å². The number of methoxy groups -OCH3 is 1. The Bertz CT molecular complexity index is 712. The van der Waals surface area contributed by atoms with Crippen LogP contribution < -0.4 is 9.46 Å². The maximum atomic E-state index is 13.6. The summed E-state index contributed by atoms with van der Waals surface area (Å²) in [4.78, 5) is 0.491. The molecule has 1 aromatic heterocycles. The molecule has 0 aliphatic rings. The highest BCUT2D eigenvalue weighted by atomic mass is 32.2. The summed E-state index contributed by atoms with van der Waals surface area (Å²) in [6, 6.07) is 5.10. The number of hydrogen-bond acceptors (Lipinski definition) is 5. The van der Waals surface area contributed by atoms with Gasteiger partial charge in [-0.1, -0.05) is 0 Å². The number of hydrogen-bond donors (Lipinski definition) is 2. The van der Waals surface area contributed by atoms with Crippen LogP contribution in [0.5, 0.6) is 5.75 Å². The normalized spacial score (nSPS) is 11.3. The zero-order valence-corrected chi connectivity index (χ0v) is 12.1. The fourth-order valence-corrected chi connectivity index (χ4v) is 3.69. The van der Waals surface area contributed by atoms with Gasteiger partial charge in [-0.05, 0) is 18.2 Å². The Morgan fingerprint density at radius 3 is 2.75 bits per heavy atom. The van der Waals surface area contributed by atoms with Gasteiger partial charge < -0.3 is 9.84 Å². The average molecular weight is 317 g/mol. The van der Waals surface area contributed by atoms with Crippen molar-refractivity contribution >= 4 is 27.0 Å². The van der Waals surface area contributed by atoms with Gasteiger partial charge in [0.15, 0.2) is 0 Å². The van der Waals surface area contributed by atoms with Gasteiger partial charge in [-0.25, -0.2) is 12.8 Å². The molecule has 0 bridgehead atoms. The fourth-order valence-electron chi connectivity index (χ4n) is 1.50. The summed E-state index contributed by atoms with van der Waals surface area (Å²) in [5, 5.41) is 10.3. The summed E-state index contributed by atoms with van der Waals surface area (Å²) in [5.74, 6) is -0.363. The van der Waals surface area contributed by atoms with Gasteiger partial charge in [0, 0.05) is 16.3 Å². The number of halogens is 1. The number of benzene rings is 1. The number of aliphatic hydroxyl groups is 1. The second kappa shape index (κ2) is 5.78. The van der Waals surface area contributed by atoms with E-state index in [1.807, 2.05) is 0 Å². The van der Waals surface area contributed by atoms with Crippen molar-refractivity contribution in [3.63, 3.8) is 0 Å². The minimum Gasteiger partial charge on any atom is -0.497 e. The first-order valence-corrected chi connectivity index (χ1v) is 7.87. The Kier molecular flexibility index (Phi) is 4.26. The SMILES string of the molecule is COc1ccc(F)c(NS(=O)(=O)c2csc(CO)c2)c1. The van der Waals surface area contributed by atoms with E-state index in [0.29, 0.717) is 10.6 Å². The van der Waals surface area contributed by atoms with Gasteiger partial charge in [0.25, 0.3) is 10.0 Å². The maximum absolute atomic E-state index is 13.6. The van der Waals surface area contributed by atoms with E-state index >= 15 is 0 Å².